The first-order valence-corrected chi connectivity index (χ1v) is 8.08. The molecule has 2 aromatic rings. The van der Waals surface area contributed by atoms with Crippen LogP contribution in [0.3, 0.4) is 0 Å². The Morgan fingerprint density at radius 3 is 2.75 bits per heavy atom. The standard InChI is InChI=1S/C13H17N3O2S2/c1-13(2,3)10-4-14-12(20-7-11(17)18)16(10)5-9-6-19-8-15-9/h4,6,8H,5,7H2,1-3H3,(H,17,18). The average Bonchev–Trinajstić information content (AvgIpc) is 2.95. The molecule has 2 heterocycles. The summed E-state index contributed by atoms with van der Waals surface area (Å²) < 4.78 is 2.06. The fourth-order valence-electron chi connectivity index (χ4n) is 1.83. The predicted octanol–water partition coefficient (Wildman–Crippen LogP) is 2.86. The van der Waals surface area contributed by atoms with Gasteiger partial charge in [-0.3, -0.25) is 4.79 Å². The summed E-state index contributed by atoms with van der Waals surface area (Å²) in [6, 6.07) is 0. The van der Waals surface area contributed by atoms with Gasteiger partial charge in [-0.2, -0.15) is 0 Å². The van der Waals surface area contributed by atoms with Crippen molar-refractivity contribution in [3.63, 3.8) is 0 Å². The minimum Gasteiger partial charge on any atom is -0.481 e. The molecule has 0 amide bonds. The van der Waals surface area contributed by atoms with E-state index >= 15 is 0 Å². The SMILES string of the molecule is CC(C)(C)c1cnc(SCC(=O)O)n1Cc1cscn1. The first-order valence-electron chi connectivity index (χ1n) is 6.15. The lowest BCUT2D eigenvalue weighted by atomic mass is 9.92. The fourth-order valence-corrected chi connectivity index (χ4v) is 3.08. The van der Waals surface area contributed by atoms with Gasteiger partial charge in [-0.1, -0.05) is 32.5 Å². The zero-order chi connectivity index (χ0) is 14.8. The van der Waals surface area contributed by atoms with Crippen molar-refractivity contribution < 1.29 is 9.90 Å². The summed E-state index contributed by atoms with van der Waals surface area (Å²) in [6.45, 7) is 6.98. The number of aliphatic carboxylic acids is 1. The van der Waals surface area contributed by atoms with E-state index in [9.17, 15) is 4.79 Å². The van der Waals surface area contributed by atoms with Gasteiger partial charge in [-0.25, -0.2) is 9.97 Å². The van der Waals surface area contributed by atoms with Crippen molar-refractivity contribution in [1.29, 1.82) is 0 Å². The Balaban J connectivity index is 2.32. The molecule has 0 radical (unpaired) electrons. The predicted molar refractivity (Wildman–Crippen MR) is 80.5 cm³/mol. The summed E-state index contributed by atoms with van der Waals surface area (Å²) in [5.41, 5.74) is 3.80. The Morgan fingerprint density at radius 1 is 1.45 bits per heavy atom. The lowest BCUT2D eigenvalue weighted by Gasteiger charge is -2.21. The molecule has 0 unspecified atom stereocenters. The maximum absolute atomic E-state index is 10.7. The molecule has 2 rings (SSSR count). The van der Waals surface area contributed by atoms with Crippen LogP contribution in [0.15, 0.2) is 22.2 Å². The normalized spacial score (nSPS) is 11.8. The Morgan fingerprint density at radius 2 is 2.20 bits per heavy atom. The van der Waals surface area contributed by atoms with Gasteiger partial charge >= 0.3 is 5.97 Å². The van der Waals surface area contributed by atoms with E-state index in [-0.39, 0.29) is 11.2 Å². The van der Waals surface area contributed by atoms with E-state index in [4.69, 9.17) is 5.11 Å². The zero-order valence-corrected chi connectivity index (χ0v) is 13.3. The molecule has 108 valence electrons. The first-order chi connectivity index (χ1) is 9.38. The maximum Gasteiger partial charge on any atom is 0.313 e. The molecule has 0 aliphatic carbocycles. The molecule has 7 heteroatoms. The molecule has 20 heavy (non-hydrogen) atoms. The molecule has 5 nitrogen and oxygen atoms in total. The number of carboxylic acid groups (broad SMARTS) is 1. The van der Waals surface area contributed by atoms with E-state index in [0.717, 1.165) is 16.5 Å². The van der Waals surface area contributed by atoms with E-state index in [0.29, 0.717) is 6.54 Å². The highest BCUT2D eigenvalue weighted by Crippen LogP contribution is 2.28. The summed E-state index contributed by atoms with van der Waals surface area (Å²) >= 11 is 2.80. The molecule has 1 N–H and O–H groups in total. The quantitative estimate of drug-likeness (QED) is 0.860. The van der Waals surface area contributed by atoms with Gasteiger partial charge in [0.05, 0.1) is 23.5 Å². The molecular formula is C13H17N3O2S2. The third-order valence-electron chi connectivity index (χ3n) is 2.72. The van der Waals surface area contributed by atoms with Crippen molar-refractivity contribution in [2.24, 2.45) is 0 Å². The van der Waals surface area contributed by atoms with E-state index < -0.39 is 5.97 Å². The van der Waals surface area contributed by atoms with E-state index in [1.807, 2.05) is 11.6 Å². The number of nitrogens with zero attached hydrogens (tertiary/aromatic N) is 3. The molecule has 0 spiro atoms. The number of thiazole rings is 1. The van der Waals surface area contributed by atoms with E-state index in [1.54, 1.807) is 16.8 Å². The molecule has 0 aliphatic heterocycles. The molecule has 0 fully saturated rings. The molecule has 0 saturated carbocycles. The van der Waals surface area contributed by atoms with Gasteiger partial charge in [0.15, 0.2) is 5.16 Å². The minimum absolute atomic E-state index is 0.0116. The van der Waals surface area contributed by atoms with Gasteiger partial charge in [0.25, 0.3) is 0 Å². The Labute approximate surface area is 126 Å². The topological polar surface area (TPSA) is 68.0 Å². The first kappa shape index (κ1) is 15.1. The molecule has 0 atom stereocenters. The van der Waals surface area contributed by atoms with Crippen molar-refractivity contribution in [3.8, 4) is 0 Å². The summed E-state index contributed by atoms with van der Waals surface area (Å²) in [6.07, 6.45) is 1.83. The summed E-state index contributed by atoms with van der Waals surface area (Å²) in [5.74, 6) is -0.826. The summed E-state index contributed by atoms with van der Waals surface area (Å²) in [5, 5.41) is 11.5. The second-order valence-corrected chi connectivity index (χ2v) is 7.09. The highest BCUT2D eigenvalue weighted by molar-refractivity contribution is 7.99. The molecule has 2 aromatic heterocycles. The third kappa shape index (κ3) is 3.61. The molecule has 0 bridgehead atoms. The van der Waals surface area contributed by atoms with Gasteiger partial charge in [-0.15, -0.1) is 11.3 Å². The number of carboxylic acids is 1. The molecule has 0 aromatic carbocycles. The second-order valence-electron chi connectivity index (χ2n) is 5.42. The van der Waals surface area contributed by atoms with Crippen molar-refractivity contribution in [1.82, 2.24) is 14.5 Å². The highest BCUT2D eigenvalue weighted by Gasteiger charge is 2.22. The Bertz CT molecular complexity index is 585. The van der Waals surface area contributed by atoms with Crippen LogP contribution in [0.5, 0.6) is 0 Å². The number of carbonyl (C=O) groups is 1. The third-order valence-corrected chi connectivity index (χ3v) is 4.33. The van der Waals surface area contributed by atoms with Crippen molar-refractivity contribution in [3.05, 3.63) is 28.5 Å². The van der Waals surface area contributed by atoms with Crippen LogP contribution in [-0.4, -0.2) is 31.4 Å². The van der Waals surface area contributed by atoms with Gasteiger partial charge in [-0.05, 0) is 0 Å². The molecule has 0 saturated heterocycles. The van der Waals surface area contributed by atoms with E-state index in [1.165, 1.54) is 11.8 Å². The fraction of sp³-hybridized carbons (Fsp3) is 0.462. The van der Waals surface area contributed by atoms with Crippen molar-refractivity contribution >= 4 is 29.1 Å². The number of hydrogen-bond acceptors (Lipinski definition) is 5. The smallest absolute Gasteiger partial charge is 0.313 e. The Hall–Kier alpha value is -1.34. The summed E-state index contributed by atoms with van der Waals surface area (Å²) in [4.78, 5) is 19.4. The largest absolute Gasteiger partial charge is 0.481 e. The van der Waals surface area contributed by atoms with Crippen LogP contribution in [0.2, 0.25) is 0 Å². The van der Waals surface area contributed by atoms with Crippen LogP contribution in [0.1, 0.15) is 32.2 Å². The lowest BCUT2D eigenvalue weighted by molar-refractivity contribution is -0.133. The van der Waals surface area contributed by atoms with Crippen LogP contribution in [0.25, 0.3) is 0 Å². The van der Waals surface area contributed by atoms with Crippen LogP contribution >= 0.6 is 23.1 Å². The van der Waals surface area contributed by atoms with Crippen LogP contribution < -0.4 is 0 Å². The number of thioether (sulfide) groups is 1. The van der Waals surface area contributed by atoms with Gasteiger partial charge in [0, 0.05) is 22.7 Å². The van der Waals surface area contributed by atoms with Gasteiger partial charge < -0.3 is 9.67 Å². The minimum atomic E-state index is -0.837. The molecule has 0 aliphatic rings. The number of rotatable bonds is 5. The van der Waals surface area contributed by atoms with Crippen molar-refractivity contribution in [2.45, 2.75) is 37.9 Å². The molecular weight excluding hydrogens is 294 g/mol. The average molecular weight is 311 g/mol. The van der Waals surface area contributed by atoms with Crippen molar-refractivity contribution in [2.75, 3.05) is 5.75 Å². The van der Waals surface area contributed by atoms with E-state index in [2.05, 4.69) is 35.3 Å². The lowest BCUT2D eigenvalue weighted by Crippen LogP contribution is -2.19. The van der Waals surface area contributed by atoms with Crippen LogP contribution in [0.4, 0.5) is 0 Å². The van der Waals surface area contributed by atoms with Crippen LogP contribution in [-0.2, 0) is 16.8 Å². The van der Waals surface area contributed by atoms with Gasteiger partial charge in [0.1, 0.15) is 0 Å². The van der Waals surface area contributed by atoms with Gasteiger partial charge in [0.2, 0.25) is 0 Å². The summed E-state index contributed by atoms with van der Waals surface area (Å²) in [7, 11) is 0. The maximum atomic E-state index is 10.7. The number of hydrogen-bond donors (Lipinski definition) is 1. The number of aromatic nitrogens is 3. The highest BCUT2D eigenvalue weighted by atomic mass is 32.2. The Kier molecular flexibility index (Phi) is 4.49. The zero-order valence-electron chi connectivity index (χ0n) is 11.7. The number of imidazole rings is 1. The second kappa shape index (κ2) is 5.97. The monoisotopic (exact) mass is 311 g/mol. The van der Waals surface area contributed by atoms with Crippen LogP contribution in [0, 0.1) is 0 Å².